The van der Waals surface area contributed by atoms with Gasteiger partial charge in [-0.1, -0.05) is 6.07 Å². The maximum Gasteiger partial charge on any atom is 0.276 e. The molecule has 0 radical (unpaired) electrons. The summed E-state index contributed by atoms with van der Waals surface area (Å²) in [5.41, 5.74) is 9.81. The van der Waals surface area contributed by atoms with Gasteiger partial charge in [-0.2, -0.15) is 0 Å². The highest BCUT2D eigenvalue weighted by atomic mass is 32.1. The van der Waals surface area contributed by atoms with Crippen LogP contribution in [0.4, 0.5) is 21.6 Å². The molecule has 186 valence electrons. The van der Waals surface area contributed by atoms with Gasteiger partial charge >= 0.3 is 0 Å². The number of fused-ring (bicyclic) bond motifs is 1. The number of amides is 2. The molecule has 0 atom stereocenters. The Hall–Kier alpha value is -4.57. The largest absolute Gasteiger partial charge is 0.370 e. The zero-order valence-electron chi connectivity index (χ0n) is 19.9. The first-order valence-electron chi connectivity index (χ1n) is 11.5. The lowest BCUT2D eigenvalue weighted by Gasteiger charge is -2.19. The third-order valence-electron chi connectivity index (χ3n) is 6.01. The number of benzene rings is 2. The molecule has 0 aliphatic heterocycles. The Bertz CT molecular complexity index is 1580. The number of anilines is 3. The number of thiazole rings is 1. The van der Waals surface area contributed by atoms with E-state index >= 15 is 0 Å². The number of nitrogens with one attached hydrogen (secondary N) is 2. The van der Waals surface area contributed by atoms with Gasteiger partial charge in [-0.15, -0.1) is 11.3 Å². The van der Waals surface area contributed by atoms with Gasteiger partial charge in [-0.25, -0.2) is 9.37 Å². The number of halogens is 1. The van der Waals surface area contributed by atoms with Crippen LogP contribution in [0.15, 0.2) is 72.4 Å². The van der Waals surface area contributed by atoms with Crippen LogP contribution in [-0.2, 0) is 11.2 Å². The Morgan fingerprint density at radius 1 is 1.08 bits per heavy atom. The van der Waals surface area contributed by atoms with Crippen molar-refractivity contribution < 1.29 is 14.0 Å². The van der Waals surface area contributed by atoms with Crippen molar-refractivity contribution in [2.75, 3.05) is 17.3 Å². The van der Waals surface area contributed by atoms with E-state index in [4.69, 9.17) is 5.73 Å². The van der Waals surface area contributed by atoms with Crippen molar-refractivity contribution in [2.24, 2.45) is 5.73 Å². The molecule has 0 aliphatic carbocycles. The minimum Gasteiger partial charge on any atom is -0.370 e. The molecule has 0 saturated carbocycles. The van der Waals surface area contributed by atoms with Crippen molar-refractivity contribution in [3.05, 3.63) is 89.4 Å². The smallest absolute Gasteiger partial charge is 0.276 e. The Balaban J connectivity index is 1.45. The summed E-state index contributed by atoms with van der Waals surface area (Å²) < 4.78 is 13.4. The second-order valence-electron chi connectivity index (χ2n) is 8.44. The van der Waals surface area contributed by atoms with E-state index in [-0.39, 0.29) is 23.8 Å². The molecule has 2 aromatic carbocycles. The second-order valence-corrected chi connectivity index (χ2v) is 9.30. The zero-order valence-corrected chi connectivity index (χ0v) is 20.7. The van der Waals surface area contributed by atoms with E-state index in [1.807, 2.05) is 42.3 Å². The van der Waals surface area contributed by atoms with Gasteiger partial charge in [0.2, 0.25) is 5.91 Å². The molecule has 2 amide bonds. The van der Waals surface area contributed by atoms with Crippen LogP contribution in [0, 0.1) is 5.82 Å². The van der Waals surface area contributed by atoms with Gasteiger partial charge in [0.1, 0.15) is 22.3 Å². The summed E-state index contributed by atoms with van der Waals surface area (Å²) in [5.74, 6) is -0.612. The Kier molecular flexibility index (Phi) is 6.65. The molecular formula is C27H23FN6O2S. The third-order valence-corrected chi connectivity index (χ3v) is 6.91. The van der Waals surface area contributed by atoms with Crippen LogP contribution in [0.1, 0.15) is 22.5 Å². The topological polar surface area (TPSA) is 117 Å². The van der Waals surface area contributed by atoms with E-state index in [2.05, 4.69) is 20.3 Å². The monoisotopic (exact) mass is 514 g/mol. The number of aromatic nitrogens is 3. The lowest BCUT2D eigenvalue weighted by molar-refractivity contribution is -0.117. The Morgan fingerprint density at radius 3 is 2.54 bits per heavy atom. The van der Waals surface area contributed by atoms with Crippen LogP contribution in [0.25, 0.3) is 21.5 Å². The molecule has 8 nitrogen and oxygen atoms in total. The average Bonchev–Trinajstić information content (AvgIpc) is 3.53. The first-order valence-corrected chi connectivity index (χ1v) is 12.4. The van der Waals surface area contributed by atoms with E-state index in [1.165, 1.54) is 23.5 Å². The summed E-state index contributed by atoms with van der Waals surface area (Å²) in [6.45, 7) is 0. The zero-order chi connectivity index (χ0) is 25.9. The van der Waals surface area contributed by atoms with Gasteiger partial charge in [0.05, 0.1) is 0 Å². The number of H-pyrrole nitrogens is 1. The number of nitrogens with zero attached hydrogens (tertiary/aromatic N) is 3. The van der Waals surface area contributed by atoms with Crippen LogP contribution in [-0.4, -0.2) is 33.8 Å². The maximum absolute atomic E-state index is 13.4. The Morgan fingerprint density at radius 2 is 1.81 bits per heavy atom. The fraction of sp³-hybridized carbons (Fsp3) is 0.111. The van der Waals surface area contributed by atoms with Crippen molar-refractivity contribution >= 4 is 51.2 Å². The number of carbonyl (C=O) groups excluding carboxylic acids is 2. The molecule has 4 N–H and O–H groups in total. The molecule has 0 bridgehead atoms. The molecule has 37 heavy (non-hydrogen) atoms. The van der Waals surface area contributed by atoms with Gasteiger partial charge in [0.25, 0.3) is 5.91 Å². The first-order chi connectivity index (χ1) is 17.9. The highest BCUT2D eigenvalue weighted by Gasteiger charge is 2.19. The van der Waals surface area contributed by atoms with Crippen LogP contribution in [0.5, 0.6) is 0 Å². The molecule has 0 fully saturated rings. The fourth-order valence-electron chi connectivity index (χ4n) is 4.06. The number of aromatic amines is 1. The van der Waals surface area contributed by atoms with Crippen LogP contribution in [0.3, 0.4) is 0 Å². The fourth-order valence-corrected chi connectivity index (χ4v) is 4.87. The van der Waals surface area contributed by atoms with Crippen LogP contribution in [0.2, 0.25) is 0 Å². The Labute approximate surface area is 216 Å². The van der Waals surface area contributed by atoms with Gasteiger partial charge in [-0.05, 0) is 55.0 Å². The lowest BCUT2D eigenvalue weighted by atomic mass is 10.1. The molecule has 5 aromatic rings. The second kappa shape index (κ2) is 10.2. The van der Waals surface area contributed by atoms with E-state index in [0.717, 1.165) is 33.4 Å². The molecule has 0 spiro atoms. The number of hydrogen-bond acceptors (Lipinski definition) is 6. The van der Waals surface area contributed by atoms with Crippen molar-refractivity contribution in [3.8, 4) is 10.6 Å². The molecule has 0 saturated heterocycles. The average molecular weight is 515 g/mol. The van der Waals surface area contributed by atoms with Gasteiger partial charge in [0, 0.05) is 64.6 Å². The molecule has 0 aliphatic rings. The number of aryl methyl sites for hydroxylation is 1. The van der Waals surface area contributed by atoms with E-state index in [1.54, 1.807) is 29.9 Å². The summed E-state index contributed by atoms with van der Waals surface area (Å²) in [4.78, 5) is 38.3. The van der Waals surface area contributed by atoms with Crippen molar-refractivity contribution in [2.45, 2.75) is 12.8 Å². The lowest BCUT2D eigenvalue weighted by Crippen LogP contribution is -2.15. The number of pyridine rings is 1. The van der Waals surface area contributed by atoms with E-state index in [0.29, 0.717) is 17.2 Å². The van der Waals surface area contributed by atoms with Crippen molar-refractivity contribution in [1.82, 2.24) is 15.0 Å². The molecule has 0 unspecified atom stereocenters. The van der Waals surface area contributed by atoms with E-state index < -0.39 is 5.91 Å². The molecular weight excluding hydrogens is 491 g/mol. The number of hydrogen-bond donors (Lipinski definition) is 3. The normalized spacial score (nSPS) is 11.0. The minimum atomic E-state index is -0.430. The summed E-state index contributed by atoms with van der Waals surface area (Å²) in [6, 6.07) is 15.7. The number of primary amides is 1. The standard InChI is InChI=1S/C27H23FN6O2S/c1-34(18-4-2-17(28)3-5-18)19-6-7-20-21(8-9-24(29)35)25(31-22(20)14-19)33-26(36)23-15-37-27(32-23)16-10-12-30-13-11-16/h2-7,10-15,31H,8-9H2,1H3,(H2,29,35)(H,33,36). The summed E-state index contributed by atoms with van der Waals surface area (Å²) in [7, 11) is 1.89. The molecule has 10 heteroatoms. The quantitative estimate of drug-likeness (QED) is 0.261. The van der Waals surface area contributed by atoms with Crippen molar-refractivity contribution in [3.63, 3.8) is 0 Å². The number of nitrogens with two attached hydrogens (primary N) is 1. The highest BCUT2D eigenvalue weighted by Crippen LogP contribution is 2.33. The summed E-state index contributed by atoms with van der Waals surface area (Å²) in [5, 5.41) is 6.20. The summed E-state index contributed by atoms with van der Waals surface area (Å²) >= 11 is 1.37. The van der Waals surface area contributed by atoms with Gasteiger partial charge < -0.3 is 20.9 Å². The minimum absolute atomic E-state index is 0.135. The van der Waals surface area contributed by atoms with Gasteiger partial charge in [-0.3, -0.25) is 14.6 Å². The predicted molar refractivity (Wildman–Crippen MR) is 144 cm³/mol. The molecule has 3 heterocycles. The van der Waals surface area contributed by atoms with E-state index in [9.17, 15) is 14.0 Å². The highest BCUT2D eigenvalue weighted by molar-refractivity contribution is 7.13. The number of carbonyl (C=O) groups is 2. The SMILES string of the molecule is CN(c1ccc(F)cc1)c1ccc2c(CCC(N)=O)c(NC(=O)c3csc(-c4ccncc4)n3)[nH]c2c1. The predicted octanol–water partition coefficient (Wildman–Crippen LogP) is 5.26. The van der Waals surface area contributed by atoms with Crippen molar-refractivity contribution in [1.29, 1.82) is 0 Å². The number of rotatable bonds is 8. The third kappa shape index (κ3) is 5.19. The first kappa shape index (κ1) is 24.1. The van der Waals surface area contributed by atoms with Crippen LogP contribution >= 0.6 is 11.3 Å². The maximum atomic E-state index is 13.4. The molecule has 5 rings (SSSR count). The molecule has 3 aromatic heterocycles. The summed E-state index contributed by atoms with van der Waals surface area (Å²) in [6.07, 6.45) is 3.84. The van der Waals surface area contributed by atoms with Gasteiger partial charge in [0.15, 0.2) is 0 Å². The van der Waals surface area contributed by atoms with Crippen LogP contribution < -0.4 is 16.0 Å².